The monoisotopic (exact) mass is 429 g/mol. The smallest absolute Gasteiger partial charge is 0.228 e. The molecule has 4 rings (SSSR count). The molecule has 0 saturated carbocycles. The molecule has 30 heavy (non-hydrogen) atoms. The first-order chi connectivity index (χ1) is 14.4. The fourth-order valence-electron chi connectivity index (χ4n) is 2.92. The van der Waals surface area contributed by atoms with Crippen molar-refractivity contribution in [2.75, 3.05) is 23.3 Å². The Morgan fingerprint density at radius 1 is 1.10 bits per heavy atom. The molecule has 1 aliphatic rings. The number of fused-ring (bicyclic) bond motifs is 1. The highest BCUT2D eigenvalue weighted by molar-refractivity contribution is 7.98. The molecule has 3 aromatic rings. The fourth-order valence-corrected chi connectivity index (χ4v) is 3.90. The number of anilines is 2. The maximum absolute atomic E-state index is 12.4. The van der Waals surface area contributed by atoms with Crippen LogP contribution in [0.4, 0.5) is 11.5 Å². The molecule has 0 bridgehead atoms. The zero-order chi connectivity index (χ0) is 21.1. The molecule has 1 aromatic heterocycles. The third-order valence-corrected chi connectivity index (χ3v) is 5.66. The average Bonchev–Trinajstić information content (AvgIpc) is 3.12. The van der Waals surface area contributed by atoms with Crippen LogP contribution in [0.15, 0.2) is 57.9 Å². The minimum Gasteiger partial charge on any atom is -0.588 e. The lowest BCUT2D eigenvalue weighted by Crippen LogP contribution is -2.21. The van der Waals surface area contributed by atoms with Crippen molar-refractivity contribution in [3.05, 3.63) is 59.9 Å². The summed E-state index contributed by atoms with van der Waals surface area (Å²) in [5.74, 6) is 1.64. The van der Waals surface area contributed by atoms with E-state index in [4.69, 9.17) is 14.0 Å². The Balaban J connectivity index is 1.38. The van der Waals surface area contributed by atoms with Crippen LogP contribution in [0, 0.1) is 6.92 Å². The second-order valence-electron chi connectivity index (χ2n) is 6.66. The lowest BCUT2D eigenvalue weighted by atomic mass is 10.1. The number of benzene rings is 2. The Bertz CT molecular complexity index is 1110. The van der Waals surface area contributed by atoms with Crippen LogP contribution in [0.2, 0.25) is 0 Å². The number of hydrogen-bond acceptors (Lipinski definition) is 7. The minimum absolute atomic E-state index is 0.0352. The second-order valence-corrected chi connectivity index (χ2v) is 8.34. The molecule has 1 amide bonds. The second kappa shape index (κ2) is 8.17. The maximum atomic E-state index is 12.4. The summed E-state index contributed by atoms with van der Waals surface area (Å²) in [4.78, 5) is 12.4. The van der Waals surface area contributed by atoms with Gasteiger partial charge in [-0.2, -0.15) is 4.72 Å². The Hall–Kier alpha value is -3.37. The van der Waals surface area contributed by atoms with Crippen LogP contribution in [0.25, 0.3) is 0 Å². The molecule has 2 N–H and O–H groups in total. The summed E-state index contributed by atoms with van der Waals surface area (Å²) in [5.41, 5.74) is 1.26. The minimum atomic E-state index is -3.81. The molecule has 1 unspecified atom stereocenters. The molecule has 0 saturated heterocycles. The van der Waals surface area contributed by atoms with Gasteiger partial charge in [0, 0.05) is 11.8 Å². The fraction of sp³-hybridized carbons (Fsp3) is 0.200. The summed E-state index contributed by atoms with van der Waals surface area (Å²) >= 11 is 0. The van der Waals surface area contributed by atoms with E-state index < -0.39 is 10.4 Å². The van der Waals surface area contributed by atoms with E-state index in [9.17, 15) is 13.6 Å². The normalized spacial score (nSPS) is 14.6. The van der Waals surface area contributed by atoms with E-state index in [0.717, 1.165) is 5.56 Å². The van der Waals surface area contributed by atoms with E-state index in [2.05, 4.69) is 15.2 Å². The summed E-state index contributed by atoms with van der Waals surface area (Å²) < 4.78 is 43.0. The van der Waals surface area contributed by atoms with E-state index in [-0.39, 0.29) is 23.0 Å². The first kappa shape index (κ1) is 19.9. The van der Waals surface area contributed by atoms with Gasteiger partial charge in [-0.3, -0.25) is 4.79 Å². The highest BCUT2D eigenvalue weighted by Crippen LogP contribution is 2.31. The molecular weight excluding hydrogens is 410 g/mol. The standard InChI is InChI=1S/C20H19N3O6S/c1-13-10-19(22-29-13)23-30(25,26)16-5-3-15(4-6-16)21-20(24)12-14-2-7-17-18(11-14)28-9-8-27-17/h2-7,10-11H,8-9,12H2,1H3,(H2-,21,22,23,24,25,26). The first-order valence-electron chi connectivity index (χ1n) is 9.14. The van der Waals surface area contributed by atoms with Crippen LogP contribution < -0.4 is 19.5 Å². The lowest BCUT2D eigenvalue weighted by molar-refractivity contribution is -0.115. The van der Waals surface area contributed by atoms with Gasteiger partial charge in [-0.15, -0.1) is 0 Å². The molecule has 156 valence electrons. The van der Waals surface area contributed by atoms with E-state index in [0.29, 0.717) is 36.2 Å². The first-order valence-corrected chi connectivity index (χ1v) is 10.6. The molecule has 10 heteroatoms. The van der Waals surface area contributed by atoms with Gasteiger partial charge in [0.05, 0.1) is 6.42 Å². The van der Waals surface area contributed by atoms with Crippen molar-refractivity contribution in [1.82, 2.24) is 5.16 Å². The molecule has 0 radical (unpaired) electrons. The van der Waals surface area contributed by atoms with Gasteiger partial charge in [-0.1, -0.05) is 15.4 Å². The number of carbonyl (C=O) groups is 1. The number of aryl methyl sites for hydroxylation is 1. The Kier molecular flexibility index (Phi) is 5.42. The molecular formula is C20H19N3O6S. The van der Waals surface area contributed by atoms with Crippen molar-refractivity contribution in [2.45, 2.75) is 18.2 Å². The number of amides is 1. The maximum Gasteiger partial charge on any atom is 0.228 e. The zero-order valence-corrected chi connectivity index (χ0v) is 16.9. The van der Waals surface area contributed by atoms with Crippen molar-refractivity contribution in [3.63, 3.8) is 0 Å². The largest absolute Gasteiger partial charge is 0.588 e. The van der Waals surface area contributed by atoms with Crippen LogP contribution >= 0.6 is 0 Å². The highest BCUT2D eigenvalue weighted by Gasteiger charge is 2.22. The van der Waals surface area contributed by atoms with Gasteiger partial charge in [0.15, 0.2) is 26.8 Å². The number of aromatic nitrogens is 1. The third kappa shape index (κ3) is 4.61. The SMILES string of the molecule is Cc1cc(N[S+](=O)([O-])c2ccc(NC(=O)Cc3ccc4c(c3)OCCO4)cc2)no1. The van der Waals surface area contributed by atoms with E-state index in [1.165, 1.54) is 30.3 Å². The van der Waals surface area contributed by atoms with Crippen LogP contribution in [0.1, 0.15) is 11.3 Å². The van der Waals surface area contributed by atoms with Gasteiger partial charge >= 0.3 is 0 Å². The molecule has 9 nitrogen and oxygen atoms in total. The molecule has 1 atom stereocenters. The van der Waals surface area contributed by atoms with Gasteiger partial charge in [-0.05, 0) is 48.9 Å². The van der Waals surface area contributed by atoms with Crippen molar-refractivity contribution in [1.29, 1.82) is 0 Å². The van der Waals surface area contributed by atoms with Crippen LogP contribution in [-0.2, 0) is 25.8 Å². The number of carbonyl (C=O) groups excluding carboxylic acids is 1. The third-order valence-electron chi connectivity index (χ3n) is 4.29. The number of hydrogen-bond donors (Lipinski definition) is 2. The van der Waals surface area contributed by atoms with Crippen LogP contribution in [0.3, 0.4) is 0 Å². The van der Waals surface area contributed by atoms with Gasteiger partial charge in [0.2, 0.25) is 11.7 Å². The van der Waals surface area contributed by atoms with Crippen molar-refractivity contribution in [2.24, 2.45) is 0 Å². The Morgan fingerprint density at radius 3 is 2.53 bits per heavy atom. The number of ether oxygens (including phenoxy) is 2. The summed E-state index contributed by atoms with van der Waals surface area (Å²) in [6, 6.07) is 12.7. The summed E-state index contributed by atoms with van der Waals surface area (Å²) in [6.45, 7) is 2.64. The number of sulfonamides is 1. The molecule has 0 spiro atoms. The quantitative estimate of drug-likeness (QED) is 0.577. The summed E-state index contributed by atoms with van der Waals surface area (Å²) in [7, 11) is -3.81. The van der Waals surface area contributed by atoms with E-state index >= 15 is 0 Å². The zero-order valence-electron chi connectivity index (χ0n) is 16.0. The Labute approximate surface area is 173 Å². The van der Waals surface area contributed by atoms with E-state index in [1.807, 2.05) is 0 Å². The number of nitrogens with zero attached hydrogens (tertiary/aromatic N) is 1. The van der Waals surface area contributed by atoms with Crippen LogP contribution in [-0.4, -0.2) is 28.8 Å². The highest BCUT2D eigenvalue weighted by atomic mass is 32.3. The molecule has 2 aromatic carbocycles. The summed E-state index contributed by atoms with van der Waals surface area (Å²) in [5, 5.41) is 6.36. The predicted octanol–water partition coefficient (Wildman–Crippen LogP) is 2.95. The molecule has 1 aliphatic heterocycles. The summed E-state index contributed by atoms with van der Waals surface area (Å²) in [6.07, 6.45) is 0.143. The lowest BCUT2D eigenvalue weighted by Gasteiger charge is -2.18. The Morgan fingerprint density at radius 2 is 1.83 bits per heavy atom. The number of nitrogens with one attached hydrogen (secondary N) is 2. The molecule has 0 aliphatic carbocycles. The van der Waals surface area contributed by atoms with Gasteiger partial charge < -0.3 is 23.9 Å². The van der Waals surface area contributed by atoms with Crippen LogP contribution in [0.5, 0.6) is 11.5 Å². The average molecular weight is 429 g/mol. The molecule has 0 fully saturated rings. The number of rotatable bonds is 6. The van der Waals surface area contributed by atoms with Gasteiger partial charge in [0.1, 0.15) is 19.0 Å². The van der Waals surface area contributed by atoms with Crippen molar-refractivity contribution in [3.8, 4) is 11.5 Å². The van der Waals surface area contributed by atoms with E-state index in [1.54, 1.807) is 25.1 Å². The topological polar surface area (TPSA) is 126 Å². The van der Waals surface area contributed by atoms with Gasteiger partial charge in [-0.25, -0.2) is 0 Å². The van der Waals surface area contributed by atoms with Crippen molar-refractivity contribution < 1.29 is 27.6 Å². The molecule has 2 heterocycles. The van der Waals surface area contributed by atoms with Crippen molar-refractivity contribution >= 4 is 27.8 Å². The predicted molar refractivity (Wildman–Crippen MR) is 108 cm³/mol. The van der Waals surface area contributed by atoms with Gasteiger partial charge in [0.25, 0.3) is 0 Å².